The summed E-state index contributed by atoms with van der Waals surface area (Å²) in [4.78, 5) is 26.2. The Morgan fingerprint density at radius 1 is 1.64 bits per heavy atom. The van der Waals surface area contributed by atoms with E-state index in [1.165, 1.54) is 5.38 Å². The summed E-state index contributed by atoms with van der Waals surface area (Å²) in [6.45, 7) is 2.02. The number of ether oxygens (including phenoxy) is 1. The van der Waals surface area contributed by atoms with E-state index in [1.54, 1.807) is 6.92 Å². The van der Waals surface area contributed by atoms with Gasteiger partial charge in [-0.3, -0.25) is 4.79 Å². The molecule has 0 saturated heterocycles. The Morgan fingerprint density at radius 2 is 2.36 bits per heavy atom. The van der Waals surface area contributed by atoms with Crippen LogP contribution in [0.2, 0.25) is 0 Å². The van der Waals surface area contributed by atoms with Gasteiger partial charge in [-0.1, -0.05) is 15.9 Å². The first kappa shape index (κ1) is 11.3. The van der Waals surface area contributed by atoms with E-state index in [0.29, 0.717) is 11.6 Å². The van der Waals surface area contributed by atoms with Gasteiger partial charge >= 0.3 is 5.97 Å². The SMILES string of the molecule is CCOC(=O)c1csc(C(=O)CBr)n1. The molecule has 0 saturated carbocycles. The predicted octanol–water partition coefficient (Wildman–Crippen LogP) is 1.90. The van der Waals surface area contributed by atoms with Crippen LogP contribution < -0.4 is 0 Å². The van der Waals surface area contributed by atoms with Crippen LogP contribution in [0.4, 0.5) is 0 Å². The first-order chi connectivity index (χ1) is 6.69. The van der Waals surface area contributed by atoms with Crippen molar-refractivity contribution in [2.75, 3.05) is 11.9 Å². The summed E-state index contributed by atoms with van der Waals surface area (Å²) in [7, 11) is 0. The van der Waals surface area contributed by atoms with Gasteiger partial charge < -0.3 is 4.74 Å². The van der Waals surface area contributed by atoms with E-state index < -0.39 is 5.97 Å². The lowest BCUT2D eigenvalue weighted by molar-refractivity contribution is 0.0520. The second kappa shape index (κ2) is 5.21. The van der Waals surface area contributed by atoms with E-state index in [4.69, 9.17) is 4.74 Å². The number of carbonyl (C=O) groups excluding carboxylic acids is 2. The third-order valence-corrected chi connectivity index (χ3v) is 2.74. The first-order valence-electron chi connectivity index (χ1n) is 3.90. The van der Waals surface area contributed by atoms with Crippen molar-refractivity contribution in [3.63, 3.8) is 0 Å². The molecule has 6 heteroatoms. The minimum Gasteiger partial charge on any atom is -0.461 e. The molecule has 0 radical (unpaired) electrons. The molecule has 0 bridgehead atoms. The lowest BCUT2D eigenvalue weighted by Gasteiger charge is -1.95. The zero-order chi connectivity index (χ0) is 10.6. The molecule has 0 N–H and O–H groups in total. The zero-order valence-electron chi connectivity index (χ0n) is 7.45. The lowest BCUT2D eigenvalue weighted by Crippen LogP contribution is -2.06. The second-order valence-electron chi connectivity index (χ2n) is 2.32. The van der Waals surface area contributed by atoms with Crippen molar-refractivity contribution in [3.8, 4) is 0 Å². The molecule has 14 heavy (non-hydrogen) atoms. The van der Waals surface area contributed by atoms with Crippen LogP contribution in [-0.4, -0.2) is 28.7 Å². The Kier molecular flexibility index (Phi) is 4.21. The fourth-order valence-electron chi connectivity index (χ4n) is 0.758. The van der Waals surface area contributed by atoms with Gasteiger partial charge in [0.1, 0.15) is 0 Å². The molecule has 0 unspecified atom stereocenters. The van der Waals surface area contributed by atoms with E-state index in [2.05, 4.69) is 20.9 Å². The van der Waals surface area contributed by atoms with Gasteiger partial charge in [0.05, 0.1) is 11.9 Å². The highest BCUT2D eigenvalue weighted by Crippen LogP contribution is 2.12. The average molecular weight is 278 g/mol. The molecule has 0 amide bonds. The van der Waals surface area contributed by atoms with Crippen molar-refractivity contribution in [3.05, 3.63) is 16.1 Å². The maximum atomic E-state index is 11.2. The smallest absolute Gasteiger partial charge is 0.357 e. The number of ketones is 1. The number of carbonyl (C=O) groups is 2. The fraction of sp³-hybridized carbons (Fsp3) is 0.375. The standard InChI is InChI=1S/C8H8BrNO3S/c1-2-13-8(12)5-4-14-7(10-5)6(11)3-9/h4H,2-3H2,1H3. The molecule has 1 aromatic heterocycles. The van der Waals surface area contributed by atoms with Gasteiger partial charge in [-0.2, -0.15) is 0 Å². The Labute approximate surface area is 93.4 Å². The highest BCUT2D eigenvalue weighted by molar-refractivity contribution is 9.09. The molecule has 0 aliphatic carbocycles. The molecule has 4 nitrogen and oxygen atoms in total. The minimum absolute atomic E-state index is 0.134. The largest absolute Gasteiger partial charge is 0.461 e. The Hall–Kier alpha value is -0.750. The number of thiazole rings is 1. The number of rotatable bonds is 4. The maximum Gasteiger partial charge on any atom is 0.357 e. The van der Waals surface area contributed by atoms with Crippen LogP contribution in [-0.2, 0) is 4.74 Å². The van der Waals surface area contributed by atoms with Crippen LogP contribution >= 0.6 is 27.3 Å². The minimum atomic E-state index is -0.489. The van der Waals surface area contributed by atoms with Gasteiger partial charge in [0.15, 0.2) is 10.7 Å². The molecule has 1 heterocycles. The summed E-state index contributed by atoms with van der Waals surface area (Å²) < 4.78 is 4.74. The topological polar surface area (TPSA) is 56.3 Å². The lowest BCUT2D eigenvalue weighted by atomic mass is 10.4. The van der Waals surface area contributed by atoms with Crippen molar-refractivity contribution >= 4 is 39.0 Å². The van der Waals surface area contributed by atoms with Crippen LogP contribution in [0.3, 0.4) is 0 Å². The van der Waals surface area contributed by atoms with Crippen LogP contribution in [0.25, 0.3) is 0 Å². The van der Waals surface area contributed by atoms with E-state index in [9.17, 15) is 9.59 Å². The fourth-order valence-corrected chi connectivity index (χ4v) is 1.94. The van der Waals surface area contributed by atoms with E-state index >= 15 is 0 Å². The molecule has 0 spiro atoms. The molecule has 1 aromatic rings. The number of alkyl halides is 1. The zero-order valence-corrected chi connectivity index (χ0v) is 9.85. The predicted molar refractivity (Wildman–Crippen MR) is 56.2 cm³/mol. The molecule has 0 aliphatic heterocycles. The van der Waals surface area contributed by atoms with Crippen LogP contribution in [0, 0.1) is 0 Å². The Bertz CT molecular complexity index is 350. The number of hydrogen-bond donors (Lipinski definition) is 0. The van der Waals surface area contributed by atoms with Gasteiger partial charge in [0, 0.05) is 5.38 Å². The summed E-state index contributed by atoms with van der Waals surface area (Å²) in [5.41, 5.74) is 0.196. The van der Waals surface area contributed by atoms with Gasteiger partial charge in [-0.05, 0) is 6.92 Å². The van der Waals surface area contributed by atoms with Gasteiger partial charge in [-0.25, -0.2) is 9.78 Å². The van der Waals surface area contributed by atoms with Crippen molar-refractivity contribution < 1.29 is 14.3 Å². The summed E-state index contributed by atoms with van der Waals surface area (Å²) >= 11 is 4.17. The van der Waals surface area contributed by atoms with E-state index in [0.717, 1.165) is 11.3 Å². The normalized spacial score (nSPS) is 9.86. The van der Waals surface area contributed by atoms with Crippen molar-refractivity contribution in [2.24, 2.45) is 0 Å². The van der Waals surface area contributed by atoms with E-state index in [1.807, 2.05) is 0 Å². The highest BCUT2D eigenvalue weighted by atomic mass is 79.9. The van der Waals surface area contributed by atoms with E-state index in [-0.39, 0.29) is 16.8 Å². The molecule has 0 atom stereocenters. The molecule has 0 aliphatic rings. The molecular weight excluding hydrogens is 270 g/mol. The Balaban J connectivity index is 2.77. The Morgan fingerprint density at radius 3 is 2.93 bits per heavy atom. The summed E-state index contributed by atoms with van der Waals surface area (Å²) in [6, 6.07) is 0. The van der Waals surface area contributed by atoms with Crippen LogP contribution in [0.15, 0.2) is 5.38 Å². The molecule has 76 valence electrons. The van der Waals surface area contributed by atoms with Gasteiger partial charge in [0.2, 0.25) is 5.78 Å². The van der Waals surface area contributed by atoms with Crippen molar-refractivity contribution in [2.45, 2.75) is 6.92 Å². The first-order valence-corrected chi connectivity index (χ1v) is 5.91. The van der Waals surface area contributed by atoms with Crippen molar-refractivity contribution in [1.82, 2.24) is 4.98 Å². The average Bonchev–Trinajstić information content (AvgIpc) is 2.66. The third kappa shape index (κ3) is 2.62. The summed E-state index contributed by atoms with van der Waals surface area (Å²) in [6.07, 6.45) is 0. The molecule has 0 fully saturated rings. The molecule has 0 aromatic carbocycles. The molecule has 1 rings (SSSR count). The molecular formula is C8H8BrNO3S. The highest BCUT2D eigenvalue weighted by Gasteiger charge is 2.14. The van der Waals surface area contributed by atoms with Crippen LogP contribution in [0.5, 0.6) is 0 Å². The number of nitrogens with zero attached hydrogens (tertiary/aromatic N) is 1. The number of Topliss-reactive ketones (excluding diaryl/α,β-unsaturated/α-hetero) is 1. The number of esters is 1. The van der Waals surface area contributed by atoms with Crippen LogP contribution in [0.1, 0.15) is 27.2 Å². The number of halogens is 1. The van der Waals surface area contributed by atoms with Crippen molar-refractivity contribution in [1.29, 1.82) is 0 Å². The van der Waals surface area contributed by atoms with Gasteiger partial charge in [-0.15, -0.1) is 11.3 Å². The monoisotopic (exact) mass is 277 g/mol. The number of hydrogen-bond acceptors (Lipinski definition) is 5. The summed E-state index contributed by atoms with van der Waals surface area (Å²) in [5, 5.41) is 2.06. The third-order valence-electron chi connectivity index (χ3n) is 1.35. The summed E-state index contributed by atoms with van der Waals surface area (Å²) in [5.74, 6) is -0.622. The quantitative estimate of drug-likeness (QED) is 0.479. The maximum absolute atomic E-state index is 11.2. The van der Waals surface area contributed by atoms with Gasteiger partial charge in [0.25, 0.3) is 0 Å². The number of aromatic nitrogens is 1. The second-order valence-corrected chi connectivity index (χ2v) is 3.73.